The Bertz CT molecular complexity index is 1120. The summed E-state index contributed by atoms with van der Waals surface area (Å²) >= 11 is 1.53. The lowest BCUT2D eigenvalue weighted by atomic mass is 10.1. The van der Waals surface area contributed by atoms with Gasteiger partial charge in [0, 0.05) is 5.38 Å². The van der Waals surface area contributed by atoms with Gasteiger partial charge in [0.2, 0.25) is 5.91 Å². The van der Waals surface area contributed by atoms with Crippen molar-refractivity contribution in [2.45, 2.75) is 25.4 Å². The number of imidazole rings is 1. The number of aromatic nitrogens is 3. The molecule has 2 heterocycles. The van der Waals surface area contributed by atoms with Gasteiger partial charge in [0.1, 0.15) is 12.2 Å². The molecule has 1 atom stereocenters. The van der Waals surface area contributed by atoms with Gasteiger partial charge in [0.25, 0.3) is 0 Å². The minimum atomic E-state index is -0.00339. The number of hydrogen-bond donors (Lipinski definition) is 1. The van der Waals surface area contributed by atoms with Gasteiger partial charge in [-0.3, -0.25) is 4.79 Å². The van der Waals surface area contributed by atoms with Gasteiger partial charge >= 0.3 is 0 Å². The second-order valence-corrected chi connectivity index (χ2v) is 7.46. The number of thiazole rings is 1. The standard InChI is InChI=1S/C21H18N4OS/c26-20(23-16-10-9-14-5-1-2-6-15(14)16)11-25-19-8-4-3-7-17(19)24-21(25)18-12-27-13-22-18/h1-8,12-13,16H,9-11H2,(H,23,26)/t16-/m1/s1. The number of para-hydroxylation sites is 2. The van der Waals surface area contributed by atoms with E-state index in [9.17, 15) is 4.79 Å². The number of aryl methyl sites for hydroxylation is 1. The van der Waals surface area contributed by atoms with E-state index in [4.69, 9.17) is 4.98 Å². The van der Waals surface area contributed by atoms with Gasteiger partial charge in [-0.1, -0.05) is 36.4 Å². The topological polar surface area (TPSA) is 59.8 Å². The van der Waals surface area contributed by atoms with Crippen molar-refractivity contribution in [1.29, 1.82) is 0 Å². The highest BCUT2D eigenvalue weighted by molar-refractivity contribution is 7.07. The van der Waals surface area contributed by atoms with Crippen LogP contribution in [0.3, 0.4) is 0 Å². The lowest BCUT2D eigenvalue weighted by Gasteiger charge is -2.15. The van der Waals surface area contributed by atoms with Gasteiger partial charge in [0.15, 0.2) is 5.82 Å². The summed E-state index contributed by atoms with van der Waals surface area (Å²) in [5.41, 5.74) is 6.98. The molecule has 27 heavy (non-hydrogen) atoms. The normalized spacial score (nSPS) is 15.8. The van der Waals surface area contributed by atoms with Crippen LogP contribution in [0.4, 0.5) is 0 Å². The summed E-state index contributed by atoms with van der Waals surface area (Å²) in [6.45, 7) is 0.228. The van der Waals surface area contributed by atoms with Gasteiger partial charge in [-0.15, -0.1) is 11.3 Å². The van der Waals surface area contributed by atoms with Crippen molar-refractivity contribution in [2.75, 3.05) is 0 Å². The molecule has 0 saturated carbocycles. The minimum Gasteiger partial charge on any atom is -0.348 e. The zero-order chi connectivity index (χ0) is 18.2. The summed E-state index contributed by atoms with van der Waals surface area (Å²) in [4.78, 5) is 22.0. The number of nitrogens with one attached hydrogen (secondary N) is 1. The first-order chi connectivity index (χ1) is 13.3. The molecule has 0 saturated heterocycles. The predicted molar refractivity (Wildman–Crippen MR) is 106 cm³/mol. The van der Waals surface area contributed by atoms with Crippen LogP contribution in [0.2, 0.25) is 0 Å². The summed E-state index contributed by atoms with van der Waals surface area (Å²) in [6.07, 6.45) is 1.97. The van der Waals surface area contributed by atoms with Crippen molar-refractivity contribution in [2.24, 2.45) is 0 Å². The van der Waals surface area contributed by atoms with Crippen LogP contribution >= 0.6 is 11.3 Å². The van der Waals surface area contributed by atoms with E-state index in [-0.39, 0.29) is 18.5 Å². The van der Waals surface area contributed by atoms with Crippen LogP contribution in [0.15, 0.2) is 59.4 Å². The van der Waals surface area contributed by atoms with E-state index in [2.05, 4.69) is 28.5 Å². The Kier molecular flexibility index (Phi) is 3.98. The monoisotopic (exact) mass is 374 g/mol. The zero-order valence-electron chi connectivity index (χ0n) is 14.6. The van der Waals surface area contributed by atoms with E-state index in [1.165, 1.54) is 22.5 Å². The third-order valence-electron chi connectivity index (χ3n) is 5.09. The maximum atomic E-state index is 12.9. The first-order valence-corrected chi connectivity index (χ1v) is 9.95. The number of hydrogen-bond acceptors (Lipinski definition) is 4. The molecule has 0 spiro atoms. The Morgan fingerprint density at radius 2 is 2.04 bits per heavy atom. The summed E-state index contributed by atoms with van der Waals surface area (Å²) in [5.74, 6) is 0.732. The quantitative estimate of drug-likeness (QED) is 0.588. The van der Waals surface area contributed by atoms with Gasteiger partial charge in [-0.05, 0) is 36.1 Å². The Balaban J connectivity index is 1.45. The van der Waals surface area contributed by atoms with Crippen LogP contribution in [0.25, 0.3) is 22.6 Å². The van der Waals surface area contributed by atoms with Crippen molar-refractivity contribution in [1.82, 2.24) is 19.9 Å². The van der Waals surface area contributed by atoms with E-state index in [1.54, 1.807) is 5.51 Å². The van der Waals surface area contributed by atoms with Crippen LogP contribution in [0, 0.1) is 0 Å². The SMILES string of the molecule is O=C(Cn1c(-c2cscn2)nc2ccccc21)N[C@@H]1CCc2ccccc21. The van der Waals surface area contributed by atoms with E-state index in [1.807, 2.05) is 40.3 Å². The molecule has 5 nitrogen and oxygen atoms in total. The van der Waals surface area contributed by atoms with Crippen LogP contribution in [-0.4, -0.2) is 20.4 Å². The number of benzene rings is 2. The fourth-order valence-electron chi connectivity index (χ4n) is 3.84. The summed E-state index contributed by atoms with van der Waals surface area (Å²) < 4.78 is 1.96. The zero-order valence-corrected chi connectivity index (χ0v) is 15.4. The molecule has 6 heteroatoms. The first-order valence-electron chi connectivity index (χ1n) is 9.00. The number of fused-ring (bicyclic) bond motifs is 2. The van der Waals surface area contributed by atoms with Crippen molar-refractivity contribution in [3.05, 3.63) is 70.5 Å². The van der Waals surface area contributed by atoms with E-state index >= 15 is 0 Å². The number of carbonyl (C=O) groups is 1. The highest BCUT2D eigenvalue weighted by Crippen LogP contribution is 2.31. The van der Waals surface area contributed by atoms with Gasteiger partial charge < -0.3 is 9.88 Å². The molecule has 0 fully saturated rings. The van der Waals surface area contributed by atoms with Gasteiger partial charge in [-0.25, -0.2) is 9.97 Å². The summed E-state index contributed by atoms with van der Waals surface area (Å²) in [6, 6.07) is 16.3. The number of amides is 1. The third-order valence-corrected chi connectivity index (χ3v) is 5.67. The molecule has 1 aliphatic rings. The van der Waals surface area contributed by atoms with Crippen molar-refractivity contribution < 1.29 is 4.79 Å². The molecular weight excluding hydrogens is 356 g/mol. The lowest BCUT2D eigenvalue weighted by Crippen LogP contribution is -2.30. The van der Waals surface area contributed by atoms with E-state index in [0.29, 0.717) is 0 Å². The molecule has 2 aromatic carbocycles. The second-order valence-electron chi connectivity index (χ2n) is 6.74. The average molecular weight is 374 g/mol. The minimum absolute atomic E-state index is 0.00339. The molecule has 4 aromatic rings. The largest absolute Gasteiger partial charge is 0.348 e. The Hall–Kier alpha value is -2.99. The first kappa shape index (κ1) is 16.2. The molecule has 0 aliphatic heterocycles. The van der Waals surface area contributed by atoms with Crippen LogP contribution in [0.1, 0.15) is 23.6 Å². The molecule has 5 rings (SSSR count). The number of rotatable bonds is 4. The van der Waals surface area contributed by atoms with Gasteiger partial charge in [0.05, 0.1) is 22.6 Å². The third kappa shape index (κ3) is 2.92. The molecular formula is C21H18N4OS. The van der Waals surface area contributed by atoms with Crippen LogP contribution in [-0.2, 0) is 17.8 Å². The lowest BCUT2D eigenvalue weighted by molar-refractivity contribution is -0.122. The Morgan fingerprint density at radius 3 is 2.93 bits per heavy atom. The number of carbonyl (C=O) groups excluding carboxylic acids is 1. The fraction of sp³-hybridized carbons (Fsp3) is 0.190. The Morgan fingerprint density at radius 1 is 1.19 bits per heavy atom. The molecule has 1 aliphatic carbocycles. The fourth-order valence-corrected chi connectivity index (χ4v) is 4.38. The highest BCUT2D eigenvalue weighted by Gasteiger charge is 2.24. The molecule has 0 bridgehead atoms. The van der Waals surface area contributed by atoms with E-state index < -0.39 is 0 Å². The highest BCUT2D eigenvalue weighted by atomic mass is 32.1. The smallest absolute Gasteiger partial charge is 0.240 e. The predicted octanol–water partition coefficient (Wildman–Crippen LogP) is 3.96. The second kappa shape index (κ2) is 6.63. The average Bonchev–Trinajstić information content (AvgIpc) is 3.42. The molecule has 1 amide bonds. The molecule has 0 unspecified atom stereocenters. The summed E-state index contributed by atoms with van der Waals surface area (Å²) in [7, 11) is 0. The number of nitrogens with zero attached hydrogens (tertiary/aromatic N) is 3. The molecule has 1 N–H and O–H groups in total. The van der Waals surface area contributed by atoms with Crippen LogP contribution in [0.5, 0.6) is 0 Å². The molecule has 134 valence electrons. The van der Waals surface area contributed by atoms with Crippen molar-refractivity contribution in [3.63, 3.8) is 0 Å². The van der Waals surface area contributed by atoms with Gasteiger partial charge in [-0.2, -0.15) is 0 Å². The maximum absolute atomic E-state index is 12.9. The van der Waals surface area contributed by atoms with Crippen LogP contribution < -0.4 is 5.32 Å². The maximum Gasteiger partial charge on any atom is 0.240 e. The molecule has 2 aromatic heterocycles. The van der Waals surface area contributed by atoms with Crippen molar-refractivity contribution in [3.8, 4) is 11.5 Å². The summed E-state index contributed by atoms with van der Waals surface area (Å²) in [5, 5.41) is 5.17. The Labute approximate surface area is 160 Å². The van der Waals surface area contributed by atoms with E-state index in [0.717, 1.165) is 35.4 Å². The molecule has 0 radical (unpaired) electrons. The van der Waals surface area contributed by atoms with Crippen molar-refractivity contribution >= 4 is 28.3 Å².